The molecular formula is C13H20N2O. The summed E-state index contributed by atoms with van der Waals surface area (Å²) in [6.07, 6.45) is 2.67. The van der Waals surface area contributed by atoms with Gasteiger partial charge >= 0.3 is 0 Å². The van der Waals surface area contributed by atoms with E-state index in [1.807, 2.05) is 13.0 Å². The van der Waals surface area contributed by atoms with Gasteiger partial charge in [0.15, 0.2) is 0 Å². The van der Waals surface area contributed by atoms with Crippen LogP contribution in [0.1, 0.15) is 24.2 Å². The van der Waals surface area contributed by atoms with E-state index >= 15 is 0 Å². The van der Waals surface area contributed by atoms with Crippen molar-refractivity contribution in [2.75, 3.05) is 13.7 Å². The summed E-state index contributed by atoms with van der Waals surface area (Å²) in [7, 11) is 1.77. The number of pyridine rings is 1. The molecule has 2 rings (SSSR count). The highest BCUT2D eigenvalue weighted by molar-refractivity contribution is 5.09. The number of aromatic nitrogens is 1. The third-order valence-corrected chi connectivity index (χ3v) is 3.03. The zero-order valence-electron chi connectivity index (χ0n) is 10.1. The number of aryl methyl sites for hydroxylation is 1. The topological polar surface area (TPSA) is 34.1 Å². The van der Waals surface area contributed by atoms with E-state index in [0.717, 1.165) is 30.5 Å². The van der Waals surface area contributed by atoms with Crippen molar-refractivity contribution in [3.63, 3.8) is 0 Å². The fourth-order valence-corrected chi connectivity index (χ4v) is 1.97. The molecule has 1 N–H and O–H groups in total. The minimum Gasteiger partial charge on any atom is -0.383 e. The number of methoxy groups -OCH3 is 1. The van der Waals surface area contributed by atoms with Gasteiger partial charge in [-0.3, -0.25) is 4.98 Å². The first kappa shape index (κ1) is 11.6. The molecule has 0 radical (unpaired) electrons. The van der Waals surface area contributed by atoms with Crippen molar-refractivity contribution >= 4 is 0 Å². The van der Waals surface area contributed by atoms with E-state index in [0.29, 0.717) is 6.04 Å². The van der Waals surface area contributed by atoms with E-state index in [9.17, 15) is 0 Å². The highest BCUT2D eigenvalue weighted by atomic mass is 16.5. The third-order valence-electron chi connectivity index (χ3n) is 3.03. The summed E-state index contributed by atoms with van der Waals surface area (Å²) in [5, 5.41) is 3.54. The molecule has 1 unspecified atom stereocenters. The van der Waals surface area contributed by atoms with Crippen LogP contribution in [-0.2, 0) is 11.3 Å². The first-order valence-electron chi connectivity index (χ1n) is 5.94. The number of hydrogen-bond acceptors (Lipinski definition) is 3. The molecule has 1 heterocycles. The Morgan fingerprint density at radius 1 is 1.50 bits per heavy atom. The molecule has 1 aromatic heterocycles. The maximum Gasteiger partial charge on any atom is 0.0618 e. The first-order valence-corrected chi connectivity index (χ1v) is 5.94. The molecule has 1 aliphatic rings. The van der Waals surface area contributed by atoms with E-state index in [1.165, 1.54) is 12.8 Å². The largest absolute Gasteiger partial charge is 0.383 e. The summed E-state index contributed by atoms with van der Waals surface area (Å²) in [6, 6.07) is 6.64. The molecule has 1 atom stereocenters. The number of rotatable bonds is 6. The first-order chi connectivity index (χ1) is 7.79. The molecule has 3 heteroatoms. The van der Waals surface area contributed by atoms with Gasteiger partial charge in [0, 0.05) is 25.4 Å². The monoisotopic (exact) mass is 220 g/mol. The Kier molecular flexibility index (Phi) is 3.91. The smallest absolute Gasteiger partial charge is 0.0618 e. The predicted octanol–water partition coefficient (Wildman–Crippen LogP) is 1.90. The SMILES string of the molecule is COCC(NCc1cccc(C)n1)C1CC1. The molecule has 88 valence electrons. The molecule has 1 fully saturated rings. The maximum atomic E-state index is 5.23. The molecule has 0 aromatic carbocycles. The Bertz CT molecular complexity index is 336. The van der Waals surface area contributed by atoms with Gasteiger partial charge in [-0.25, -0.2) is 0 Å². The van der Waals surface area contributed by atoms with Gasteiger partial charge in [-0.2, -0.15) is 0 Å². The van der Waals surface area contributed by atoms with E-state index in [1.54, 1.807) is 7.11 Å². The summed E-state index contributed by atoms with van der Waals surface area (Å²) < 4.78 is 5.23. The van der Waals surface area contributed by atoms with Crippen LogP contribution >= 0.6 is 0 Å². The lowest BCUT2D eigenvalue weighted by Gasteiger charge is -2.16. The van der Waals surface area contributed by atoms with Crippen LogP contribution < -0.4 is 5.32 Å². The van der Waals surface area contributed by atoms with E-state index in [2.05, 4.69) is 22.4 Å². The van der Waals surface area contributed by atoms with Gasteiger partial charge in [0.1, 0.15) is 0 Å². The van der Waals surface area contributed by atoms with Gasteiger partial charge in [0.2, 0.25) is 0 Å². The standard InChI is InChI=1S/C13H20N2O/c1-10-4-3-5-12(15-10)8-14-13(9-16-2)11-6-7-11/h3-5,11,13-14H,6-9H2,1-2H3. The van der Waals surface area contributed by atoms with E-state index < -0.39 is 0 Å². The fourth-order valence-electron chi connectivity index (χ4n) is 1.97. The molecule has 0 amide bonds. The molecule has 0 saturated heterocycles. The van der Waals surface area contributed by atoms with Crippen LogP contribution in [0.3, 0.4) is 0 Å². The predicted molar refractivity (Wildman–Crippen MR) is 64.2 cm³/mol. The van der Waals surface area contributed by atoms with Gasteiger partial charge < -0.3 is 10.1 Å². The molecule has 1 saturated carbocycles. The Labute approximate surface area is 97.2 Å². The van der Waals surface area contributed by atoms with Crippen molar-refractivity contribution in [2.45, 2.75) is 32.4 Å². The minimum atomic E-state index is 0.493. The fraction of sp³-hybridized carbons (Fsp3) is 0.615. The van der Waals surface area contributed by atoms with Crippen molar-refractivity contribution in [1.82, 2.24) is 10.3 Å². The summed E-state index contributed by atoms with van der Waals surface area (Å²) in [4.78, 5) is 4.48. The molecule has 3 nitrogen and oxygen atoms in total. The molecule has 16 heavy (non-hydrogen) atoms. The number of hydrogen-bond donors (Lipinski definition) is 1. The van der Waals surface area contributed by atoms with Crippen LogP contribution in [0.15, 0.2) is 18.2 Å². The number of nitrogens with one attached hydrogen (secondary N) is 1. The Morgan fingerprint density at radius 2 is 2.31 bits per heavy atom. The highest BCUT2D eigenvalue weighted by Crippen LogP contribution is 2.32. The molecule has 1 aliphatic carbocycles. The summed E-state index contributed by atoms with van der Waals surface area (Å²) in [5.41, 5.74) is 2.19. The van der Waals surface area contributed by atoms with Crippen molar-refractivity contribution < 1.29 is 4.74 Å². The van der Waals surface area contributed by atoms with Gasteiger partial charge in [-0.15, -0.1) is 0 Å². The number of ether oxygens (including phenoxy) is 1. The van der Waals surface area contributed by atoms with Crippen molar-refractivity contribution in [2.24, 2.45) is 5.92 Å². The zero-order chi connectivity index (χ0) is 11.4. The quantitative estimate of drug-likeness (QED) is 0.795. The van der Waals surface area contributed by atoms with Crippen LogP contribution in [0.4, 0.5) is 0 Å². The third kappa shape index (κ3) is 3.29. The lowest BCUT2D eigenvalue weighted by molar-refractivity contribution is 0.157. The van der Waals surface area contributed by atoms with E-state index in [4.69, 9.17) is 4.74 Å². The second kappa shape index (κ2) is 5.41. The second-order valence-corrected chi connectivity index (χ2v) is 4.55. The van der Waals surface area contributed by atoms with Gasteiger partial charge in [-0.05, 0) is 37.8 Å². The molecule has 1 aromatic rings. The normalized spacial score (nSPS) is 17.4. The van der Waals surface area contributed by atoms with Gasteiger partial charge in [0.05, 0.1) is 12.3 Å². The van der Waals surface area contributed by atoms with Gasteiger partial charge in [-0.1, -0.05) is 6.07 Å². The zero-order valence-corrected chi connectivity index (χ0v) is 10.1. The molecular weight excluding hydrogens is 200 g/mol. The average molecular weight is 220 g/mol. The second-order valence-electron chi connectivity index (χ2n) is 4.55. The summed E-state index contributed by atoms with van der Waals surface area (Å²) in [5.74, 6) is 0.810. The highest BCUT2D eigenvalue weighted by Gasteiger charge is 2.30. The molecule has 0 aliphatic heterocycles. The van der Waals surface area contributed by atoms with Gasteiger partial charge in [0.25, 0.3) is 0 Å². The van der Waals surface area contributed by atoms with Crippen LogP contribution in [0.5, 0.6) is 0 Å². The minimum absolute atomic E-state index is 0.493. The Hall–Kier alpha value is -0.930. The van der Waals surface area contributed by atoms with Crippen LogP contribution in [-0.4, -0.2) is 24.7 Å². The lowest BCUT2D eigenvalue weighted by Crippen LogP contribution is -2.34. The molecule has 0 bridgehead atoms. The van der Waals surface area contributed by atoms with Crippen LogP contribution in [0.2, 0.25) is 0 Å². The Morgan fingerprint density at radius 3 is 2.94 bits per heavy atom. The van der Waals surface area contributed by atoms with Crippen molar-refractivity contribution in [1.29, 1.82) is 0 Å². The summed E-state index contributed by atoms with van der Waals surface area (Å²) >= 11 is 0. The van der Waals surface area contributed by atoms with E-state index in [-0.39, 0.29) is 0 Å². The van der Waals surface area contributed by atoms with Crippen molar-refractivity contribution in [3.05, 3.63) is 29.6 Å². The average Bonchev–Trinajstić information content (AvgIpc) is 3.08. The molecule has 0 spiro atoms. The maximum absolute atomic E-state index is 5.23. The van der Waals surface area contributed by atoms with Crippen molar-refractivity contribution in [3.8, 4) is 0 Å². The number of nitrogens with zero attached hydrogens (tertiary/aromatic N) is 1. The van der Waals surface area contributed by atoms with Crippen LogP contribution in [0.25, 0.3) is 0 Å². The lowest BCUT2D eigenvalue weighted by atomic mass is 10.2. The Balaban J connectivity index is 1.85. The summed E-state index contributed by atoms with van der Waals surface area (Å²) in [6.45, 7) is 3.67. The van der Waals surface area contributed by atoms with Crippen LogP contribution in [0, 0.1) is 12.8 Å².